The number of hydrogen-bond donors (Lipinski definition) is 0. The van der Waals surface area contributed by atoms with Gasteiger partial charge in [0.15, 0.2) is 0 Å². The fourth-order valence-electron chi connectivity index (χ4n) is 3.73. The molecule has 0 radical (unpaired) electrons. The minimum absolute atomic E-state index is 0.0756. The van der Waals surface area contributed by atoms with Crippen LogP contribution in [0, 0.1) is 0 Å². The van der Waals surface area contributed by atoms with E-state index in [1.807, 2.05) is 27.7 Å². The maximum Gasteiger partial charge on any atom is 0.310 e. The van der Waals surface area contributed by atoms with Crippen LogP contribution >= 0.6 is 11.7 Å². The zero-order chi connectivity index (χ0) is 25.7. The lowest BCUT2D eigenvalue weighted by Crippen LogP contribution is -2.49. The Morgan fingerprint density at radius 3 is 2.29 bits per heavy atom. The van der Waals surface area contributed by atoms with Gasteiger partial charge < -0.3 is 9.47 Å². The summed E-state index contributed by atoms with van der Waals surface area (Å²) in [5, 5.41) is 0. The summed E-state index contributed by atoms with van der Waals surface area (Å²) in [5.74, 6) is 0.577. The van der Waals surface area contributed by atoms with Crippen molar-refractivity contribution in [3.8, 4) is 5.88 Å². The highest BCUT2D eigenvalue weighted by atomic mass is 32.1. The Kier molecular flexibility index (Phi) is 20.0. The third-order valence-corrected chi connectivity index (χ3v) is 6.14. The first-order valence-corrected chi connectivity index (χ1v) is 14.4. The second kappa shape index (κ2) is 20.9. The van der Waals surface area contributed by atoms with E-state index in [0.717, 1.165) is 50.0 Å². The number of unbranched alkanes of at least 4 members (excludes halogenated alkanes) is 7. The van der Waals surface area contributed by atoms with Crippen LogP contribution in [0.3, 0.4) is 0 Å². The van der Waals surface area contributed by atoms with Gasteiger partial charge in [-0.25, -0.2) is 0 Å². The van der Waals surface area contributed by atoms with Crippen LogP contribution in [0.2, 0.25) is 0 Å². The van der Waals surface area contributed by atoms with Gasteiger partial charge in [0.05, 0.1) is 31.9 Å². The molecule has 0 saturated carbocycles. The number of nitrogens with zero attached hydrogens (tertiary/aromatic N) is 3. The summed E-state index contributed by atoms with van der Waals surface area (Å²) in [6, 6.07) is 0. The quantitative estimate of drug-likeness (QED) is 0.141. The average Bonchev–Trinajstić information content (AvgIpc) is 3.34. The molecule has 0 saturated heterocycles. The van der Waals surface area contributed by atoms with Gasteiger partial charge in [0, 0.05) is 18.4 Å². The van der Waals surface area contributed by atoms with Crippen LogP contribution in [-0.2, 0) is 9.53 Å². The van der Waals surface area contributed by atoms with Crippen LogP contribution in [0.1, 0.15) is 118 Å². The second-order valence-electron chi connectivity index (χ2n) is 8.66. The van der Waals surface area contributed by atoms with Crippen molar-refractivity contribution < 1.29 is 18.8 Å². The van der Waals surface area contributed by atoms with Gasteiger partial charge in [0.2, 0.25) is 6.73 Å². The Labute approximate surface area is 214 Å². The highest BCUT2D eigenvalue weighted by molar-refractivity contribution is 6.99. The summed E-state index contributed by atoms with van der Waals surface area (Å²) < 4.78 is 21.1. The van der Waals surface area contributed by atoms with Crippen molar-refractivity contribution >= 4 is 23.3 Å². The molecule has 0 bridgehead atoms. The van der Waals surface area contributed by atoms with Gasteiger partial charge in [-0.1, -0.05) is 92.6 Å². The smallest absolute Gasteiger partial charge is 0.310 e. The second-order valence-corrected chi connectivity index (χ2v) is 9.18. The van der Waals surface area contributed by atoms with Crippen molar-refractivity contribution in [3.63, 3.8) is 0 Å². The predicted octanol–water partition coefficient (Wildman–Crippen LogP) is 7.64. The average molecular weight is 499 g/mol. The van der Waals surface area contributed by atoms with E-state index in [1.54, 1.807) is 0 Å². The molecule has 34 heavy (non-hydrogen) atoms. The van der Waals surface area contributed by atoms with Crippen LogP contribution < -0.4 is 4.74 Å². The molecule has 7 heteroatoms. The molecule has 0 aliphatic carbocycles. The molecule has 1 atom stereocenters. The minimum atomic E-state index is -0.0756. The van der Waals surface area contributed by atoms with Gasteiger partial charge in [-0.15, -0.1) is 4.37 Å². The molecule has 0 spiro atoms. The van der Waals surface area contributed by atoms with E-state index in [2.05, 4.69) is 35.7 Å². The van der Waals surface area contributed by atoms with Gasteiger partial charge >= 0.3 is 5.97 Å². The van der Waals surface area contributed by atoms with Crippen molar-refractivity contribution in [3.05, 3.63) is 11.8 Å². The summed E-state index contributed by atoms with van der Waals surface area (Å²) in [6.07, 6.45) is 14.1. The topological polar surface area (TPSA) is 61.3 Å². The number of likely N-dealkylation sites (N-methyl/N-ethyl adjacent to an activating group) is 1. The summed E-state index contributed by atoms with van der Waals surface area (Å²) in [6.45, 7) is 15.2. The zero-order valence-electron chi connectivity index (χ0n) is 23.2. The SMILES string of the molecule is CC.CC.CCCCCCCC(=O)OC[N+]1(C)CCC=C(c2nsnc2OCCCCCC)C1. The van der Waals surface area contributed by atoms with E-state index in [4.69, 9.17) is 9.47 Å². The van der Waals surface area contributed by atoms with E-state index in [1.165, 1.54) is 50.3 Å². The molecule has 1 aliphatic rings. The van der Waals surface area contributed by atoms with Crippen molar-refractivity contribution in [2.45, 2.75) is 112 Å². The van der Waals surface area contributed by atoms with Crippen LogP contribution in [0.25, 0.3) is 5.57 Å². The number of hydrogen-bond acceptors (Lipinski definition) is 6. The van der Waals surface area contributed by atoms with Crippen molar-refractivity contribution in [1.29, 1.82) is 0 Å². The standard InChI is InChI=1S/C23H40N3O3S.2C2H6/c1-4-6-8-10-11-15-21(27)29-19-26(3)16-13-14-20(18-26)22-23(25-30-24-22)28-17-12-9-7-5-2;2*1-2/h14H,4-13,15-19H2,1-3H3;2*1-2H3/q+1;;. The van der Waals surface area contributed by atoms with E-state index >= 15 is 0 Å². The number of quaternary nitrogens is 1. The lowest BCUT2D eigenvalue weighted by Gasteiger charge is -2.36. The molecule has 1 unspecified atom stereocenters. The molecule has 0 amide bonds. The zero-order valence-corrected chi connectivity index (χ0v) is 24.0. The Morgan fingerprint density at radius 1 is 0.971 bits per heavy atom. The predicted molar refractivity (Wildman–Crippen MR) is 145 cm³/mol. The molecule has 2 heterocycles. The van der Waals surface area contributed by atoms with Crippen LogP contribution in [-0.4, -0.2) is 52.7 Å². The number of carbonyl (C=O) groups is 1. The fourth-order valence-corrected chi connectivity index (χ4v) is 4.26. The molecule has 0 aromatic carbocycles. The Bertz CT molecular complexity index is 663. The maximum atomic E-state index is 12.1. The molecule has 1 aliphatic heterocycles. The summed E-state index contributed by atoms with van der Waals surface area (Å²) in [7, 11) is 2.15. The third kappa shape index (κ3) is 13.4. The highest BCUT2D eigenvalue weighted by Gasteiger charge is 2.31. The molecule has 0 N–H and O–H groups in total. The van der Waals surface area contributed by atoms with E-state index < -0.39 is 0 Å². The van der Waals surface area contributed by atoms with Gasteiger partial charge in [-0.3, -0.25) is 9.28 Å². The molecule has 0 fully saturated rings. The van der Waals surface area contributed by atoms with Crippen LogP contribution in [0.4, 0.5) is 0 Å². The first-order chi connectivity index (χ1) is 16.6. The highest BCUT2D eigenvalue weighted by Crippen LogP contribution is 2.30. The third-order valence-electron chi connectivity index (χ3n) is 5.63. The van der Waals surface area contributed by atoms with Gasteiger partial charge in [-0.2, -0.15) is 4.37 Å². The van der Waals surface area contributed by atoms with E-state index in [-0.39, 0.29) is 5.97 Å². The Hall–Kier alpha value is -1.47. The van der Waals surface area contributed by atoms with Gasteiger partial charge in [-0.05, 0) is 12.8 Å². The maximum absolute atomic E-state index is 12.1. The number of aromatic nitrogens is 2. The fraction of sp³-hybridized carbons (Fsp3) is 0.815. The number of ether oxygens (including phenoxy) is 2. The van der Waals surface area contributed by atoms with Crippen LogP contribution in [0.15, 0.2) is 6.08 Å². The molecular formula is C27H52N3O3S+. The Morgan fingerprint density at radius 2 is 1.62 bits per heavy atom. The van der Waals surface area contributed by atoms with Crippen molar-refractivity contribution in [1.82, 2.24) is 8.75 Å². The minimum Gasteiger partial charge on any atom is -0.475 e. The first-order valence-electron chi connectivity index (χ1n) is 13.7. The molecule has 1 aromatic heterocycles. The summed E-state index contributed by atoms with van der Waals surface area (Å²) in [5.41, 5.74) is 2.01. The van der Waals surface area contributed by atoms with Crippen molar-refractivity contribution in [2.24, 2.45) is 0 Å². The lowest BCUT2D eigenvalue weighted by atomic mass is 10.1. The van der Waals surface area contributed by atoms with E-state index in [9.17, 15) is 4.79 Å². The summed E-state index contributed by atoms with van der Waals surface area (Å²) >= 11 is 1.20. The number of esters is 1. The molecule has 1 aromatic rings. The first kappa shape index (κ1) is 32.5. The Balaban J connectivity index is 0.00000258. The number of carbonyl (C=O) groups excluding carboxylic acids is 1. The normalized spacial score (nSPS) is 17.0. The number of rotatable bonds is 15. The van der Waals surface area contributed by atoms with Crippen molar-refractivity contribution in [2.75, 3.05) is 33.5 Å². The summed E-state index contributed by atoms with van der Waals surface area (Å²) in [4.78, 5) is 12.1. The lowest BCUT2D eigenvalue weighted by molar-refractivity contribution is -0.919. The van der Waals surface area contributed by atoms with Gasteiger partial charge in [0.1, 0.15) is 12.2 Å². The monoisotopic (exact) mass is 498 g/mol. The largest absolute Gasteiger partial charge is 0.475 e. The van der Waals surface area contributed by atoms with Crippen LogP contribution in [0.5, 0.6) is 5.88 Å². The molecular weight excluding hydrogens is 446 g/mol. The molecule has 6 nitrogen and oxygen atoms in total. The van der Waals surface area contributed by atoms with E-state index in [0.29, 0.717) is 30.1 Å². The van der Waals surface area contributed by atoms with Gasteiger partial charge in [0.25, 0.3) is 5.88 Å². The molecule has 198 valence electrons. The molecule has 2 rings (SSSR count).